The lowest BCUT2D eigenvalue weighted by molar-refractivity contribution is 0.0998. The van der Waals surface area contributed by atoms with Crippen LogP contribution in [0.1, 0.15) is 35.0 Å². The van der Waals surface area contributed by atoms with E-state index in [1.165, 1.54) is 0 Å². The van der Waals surface area contributed by atoms with Crippen molar-refractivity contribution >= 4 is 16.8 Å². The Balaban J connectivity index is 2.19. The minimum Gasteiger partial charge on any atom is -0.372 e. The zero-order chi connectivity index (χ0) is 12.5. The molecule has 2 aromatic rings. The Morgan fingerprint density at radius 1 is 1.39 bits per heavy atom. The van der Waals surface area contributed by atoms with Crippen LogP contribution in [0, 0.1) is 0 Å². The molecule has 0 aliphatic carbocycles. The lowest BCUT2D eigenvalue weighted by Crippen LogP contribution is -2.13. The fraction of sp³-hybridized carbons (Fsp3) is 0.286. The number of nitrogens with zero attached hydrogens (tertiary/aromatic N) is 1. The number of pyridine rings is 1. The Labute approximate surface area is 105 Å². The van der Waals surface area contributed by atoms with Gasteiger partial charge in [0.15, 0.2) is 0 Å². The first-order chi connectivity index (χ1) is 8.75. The summed E-state index contributed by atoms with van der Waals surface area (Å²) in [5, 5.41) is 0.798. The molecule has 92 valence electrons. The van der Waals surface area contributed by atoms with Crippen molar-refractivity contribution in [3.63, 3.8) is 0 Å². The van der Waals surface area contributed by atoms with Gasteiger partial charge in [-0.05, 0) is 25.0 Å². The van der Waals surface area contributed by atoms with Gasteiger partial charge in [0.25, 0.3) is 0 Å². The van der Waals surface area contributed by atoms with Gasteiger partial charge in [-0.25, -0.2) is 0 Å². The highest BCUT2D eigenvalue weighted by atomic mass is 16.5. The van der Waals surface area contributed by atoms with Gasteiger partial charge < -0.3 is 10.5 Å². The second-order valence-corrected chi connectivity index (χ2v) is 4.48. The molecule has 0 spiro atoms. The number of rotatable bonds is 2. The molecule has 0 radical (unpaired) electrons. The van der Waals surface area contributed by atoms with Gasteiger partial charge in [0.1, 0.15) is 0 Å². The van der Waals surface area contributed by atoms with Crippen LogP contribution in [-0.4, -0.2) is 17.5 Å². The molecule has 4 heteroatoms. The second-order valence-electron chi connectivity index (χ2n) is 4.48. The normalized spacial score (nSPS) is 19.2. The van der Waals surface area contributed by atoms with Gasteiger partial charge in [0, 0.05) is 12.0 Å². The third kappa shape index (κ3) is 1.84. The maximum Gasteiger partial charge on any atom is 0.249 e. The molecule has 2 N–H and O–H groups in total. The molecule has 1 aliphatic rings. The molecule has 2 heterocycles. The van der Waals surface area contributed by atoms with Gasteiger partial charge in [0.05, 0.1) is 22.9 Å². The van der Waals surface area contributed by atoms with Crippen LogP contribution in [0.4, 0.5) is 0 Å². The lowest BCUT2D eigenvalue weighted by Gasteiger charge is -2.12. The monoisotopic (exact) mass is 242 g/mol. The SMILES string of the molecule is NC(=O)c1cc([C@@H]2CCCO2)nc2ccccc12. The Morgan fingerprint density at radius 2 is 2.22 bits per heavy atom. The summed E-state index contributed by atoms with van der Waals surface area (Å²) in [6.07, 6.45) is 1.97. The Hall–Kier alpha value is -1.94. The van der Waals surface area contributed by atoms with Crippen molar-refractivity contribution in [2.45, 2.75) is 18.9 Å². The van der Waals surface area contributed by atoms with Crippen LogP contribution < -0.4 is 5.73 Å². The summed E-state index contributed by atoms with van der Waals surface area (Å²) in [4.78, 5) is 16.1. The molecule has 1 atom stereocenters. The third-order valence-electron chi connectivity index (χ3n) is 3.26. The predicted molar refractivity (Wildman–Crippen MR) is 68.2 cm³/mol. The number of aromatic nitrogens is 1. The van der Waals surface area contributed by atoms with E-state index in [0.29, 0.717) is 5.56 Å². The summed E-state index contributed by atoms with van der Waals surface area (Å²) < 4.78 is 5.61. The quantitative estimate of drug-likeness (QED) is 0.877. The Morgan fingerprint density at radius 3 is 2.94 bits per heavy atom. The van der Waals surface area contributed by atoms with Crippen LogP contribution in [0.3, 0.4) is 0 Å². The summed E-state index contributed by atoms with van der Waals surface area (Å²) in [6.45, 7) is 0.755. The number of carbonyl (C=O) groups is 1. The standard InChI is InChI=1S/C14H14N2O2/c15-14(17)10-8-12(13-6-3-7-18-13)16-11-5-2-1-4-9(10)11/h1-2,4-5,8,13H,3,6-7H2,(H2,15,17)/t13-/m0/s1. The van der Waals surface area contributed by atoms with Gasteiger partial charge in [-0.1, -0.05) is 18.2 Å². The van der Waals surface area contributed by atoms with Gasteiger partial charge in [-0.15, -0.1) is 0 Å². The van der Waals surface area contributed by atoms with E-state index in [1.807, 2.05) is 24.3 Å². The number of nitrogens with two attached hydrogens (primary N) is 1. The van der Waals surface area contributed by atoms with Crippen LogP contribution in [0.5, 0.6) is 0 Å². The van der Waals surface area contributed by atoms with Crippen molar-refractivity contribution in [2.75, 3.05) is 6.61 Å². The zero-order valence-corrected chi connectivity index (χ0v) is 9.93. The zero-order valence-electron chi connectivity index (χ0n) is 9.93. The first-order valence-corrected chi connectivity index (χ1v) is 6.07. The molecule has 3 rings (SSSR count). The molecule has 1 saturated heterocycles. The topological polar surface area (TPSA) is 65.2 Å². The van der Waals surface area contributed by atoms with E-state index in [-0.39, 0.29) is 6.10 Å². The first-order valence-electron chi connectivity index (χ1n) is 6.07. The molecule has 1 aliphatic heterocycles. The van der Waals surface area contributed by atoms with E-state index in [4.69, 9.17) is 10.5 Å². The van der Waals surface area contributed by atoms with Crippen molar-refractivity contribution < 1.29 is 9.53 Å². The average molecular weight is 242 g/mol. The van der Waals surface area contributed by atoms with E-state index in [2.05, 4.69) is 4.98 Å². The molecule has 1 amide bonds. The van der Waals surface area contributed by atoms with Crippen LogP contribution in [-0.2, 0) is 4.74 Å². The smallest absolute Gasteiger partial charge is 0.249 e. The molecule has 0 saturated carbocycles. The van der Waals surface area contributed by atoms with E-state index in [9.17, 15) is 4.79 Å². The molecule has 4 nitrogen and oxygen atoms in total. The molecule has 0 unspecified atom stereocenters. The van der Waals surface area contributed by atoms with E-state index < -0.39 is 5.91 Å². The summed E-state index contributed by atoms with van der Waals surface area (Å²) in [7, 11) is 0. The third-order valence-corrected chi connectivity index (χ3v) is 3.26. The number of hydrogen-bond acceptors (Lipinski definition) is 3. The number of hydrogen-bond donors (Lipinski definition) is 1. The first kappa shape index (κ1) is 11.2. The highest BCUT2D eigenvalue weighted by Gasteiger charge is 2.21. The molecular formula is C14H14N2O2. The highest BCUT2D eigenvalue weighted by Crippen LogP contribution is 2.29. The van der Waals surface area contributed by atoms with Crippen LogP contribution in [0.2, 0.25) is 0 Å². The van der Waals surface area contributed by atoms with Gasteiger partial charge >= 0.3 is 0 Å². The van der Waals surface area contributed by atoms with Gasteiger partial charge in [-0.2, -0.15) is 0 Å². The van der Waals surface area contributed by atoms with E-state index >= 15 is 0 Å². The minimum absolute atomic E-state index is 0.00675. The fourth-order valence-corrected chi connectivity index (χ4v) is 2.38. The predicted octanol–water partition coefficient (Wildman–Crippen LogP) is 2.19. The maximum absolute atomic E-state index is 11.5. The van der Waals surface area contributed by atoms with Crippen molar-refractivity contribution in [1.82, 2.24) is 4.98 Å². The molecular weight excluding hydrogens is 228 g/mol. The minimum atomic E-state index is -0.423. The van der Waals surface area contributed by atoms with Gasteiger partial charge in [-0.3, -0.25) is 9.78 Å². The highest BCUT2D eigenvalue weighted by molar-refractivity contribution is 6.05. The summed E-state index contributed by atoms with van der Waals surface area (Å²) >= 11 is 0. The Bertz CT molecular complexity index is 604. The number of carbonyl (C=O) groups excluding carboxylic acids is 1. The maximum atomic E-state index is 11.5. The average Bonchev–Trinajstić information content (AvgIpc) is 2.91. The van der Waals surface area contributed by atoms with Crippen LogP contribution in [0.15, 0.2) is 30.3 Å². The summed E-state index contributed by atoms with van der Waals surface area (Å²) in [5.41, 5.74) is 7.56. The molecule has 1 aromatic heterocycles. The molecule has 0 bridgehead atoms. The number of primary amides is 1. The van der Waals surface area contributed by atoms with Crippen molar-refractivity contribution in [3.05, 3.63) is 41.6 Å². The Kier molecular flexibility index (Phi) is 2.72. The van der Waals surface area contributed by atoms with Gasteiger partial charge in [0.2, 0.25) is 5.91 Å². The number of para-hydroxylation sites is 1. The lowest BCUT2D eigenvalue weighted by atomic mass is 10.0. The van der Waals surface area contributed by atoms with Crippen molar-refractivity contribution in [3.8, 4) is 0 Å². The second kappa shape index (κ2) is 4.38. The molecule has 18 heavy (non-hydrogen) atoms. The molecule has 1 fully saturated rings. The summed E-state index contributed by atoms with van der Waals surface area (Å²) in [5.74, 6) is -0.423. The fourth-order valence-electron chi connectivity index (χ4n) is 2.38. The van der Waals surface area contributed by atoms with Crippen molar-refractivity contribution in [2.24, 2.45) is 5.73 Å². The summed E-state index contributed by atoms with van der Waals surface area (Å²) in [6, 6.07) is 9.30. The molecule has 1 aromatic carbocycles. The number of amides is 1. The number of fused-ring (bicyclic) bond motifs is 1. The van der Waals surface area contributed by atoms with Crippen LogP contribution >= 0.6 is 0 Å². The number of benzene rings is 1. The van der Waals surface area contributed by atoms with Crippen LogP contribution in [0.25, 0.3) is 10.9 Å². The van der Waals surface area contributed by atoms with E-state index in [1.54, 1.807) is 6.07 Å². The van der Waals surface area contributed by atoms with E-state index in [0.717, 1.165) is 36.0 Å². The number of ether oxygens (including phenoxy) is 1. The van der Waals surface area contributed by atoms with Crippen molar-refractivity contribution in [1.29, 1.82) is 0 Å². The largest absolute Gasteiger partial charge is 0.372 e.